The minimum Gasteiger partial charge on any atom is -0.392 e. The van der Waals surface area contributed by atoms with Crippen molar-refractivity contribution in [2.75, 3.05) is 11.9 Å². The summed E-state index contributed by atoms with van der Waals surface area (Å²) >= 11 is 0. The molecule has 1 aromatic carbocycles. The van der Waals surface area contributed by atoms with Gasteiger partial charge in [0.1, 0.15) is 0 Å². The van der Waals surface area contributed by atoms with E-state index < -0.39 is 0 Å². The topological polar surface area (TPSA) is 58.3 Å². The van der Waals surface area contributed by atoms with Crippen LogP contribution < -0.4 is 11.1 Å². The maximum atomic E-state index is 9.03. The second-order valence-electron chi connectivity index (χ2n) is 3.10. The van der Waals surface area contributed by atoms with Crippen molar-refractivity contribution in [3.8, 4) is 0 Å². The summed E-state index contributed by atoms with van der Waals surface area (Å²) in [6.45, 7) is 2.65. The summed E-state index contributed by atoms with van der Waals surface area (Å²) < 4.78 is 0. The molecule has 0 aliphatic rings. The smallest absolute Gasteiger partial charge is 0.0701 e. The van der Waals surface area contributed by atoms with E-state index in [0.29, 0.717) is 6.54 Å². The Labute approximate surface area is 78.6 Å². The van der Waals surface area contributed by atoms with Gasteiger partial charge in [0.15, 0.2) is 0 Å². The fourth-order valence-corrected chi connectivity index (χ4v) is 1.12. The van der Waals surface area contributed by atoms with E-state index in [9.17, 15) is 0 Å². The van der Waals surface area contributed by atoms with Crippen LogP contribution in [0.1, 0.15) is 12.5 Å². The number of rotatable bonds is 4. The summed E-state index contributed by atoms with van der Waals surface area (Å²) in [6, 6.07) is 7.91. The van der Waals surface area contributed by atoms with E-state index in [1.54, 1.807) is 0 Å². The highest BCUT2D eigenvalue weighted by molar-refractivity contribution is 5.51. The molecule has 72 valence electrons. The van der Waals surface area contributed by atoms with Gasteiger partial charge in [-0.05, 0) is 13.0 Å². The number of nitrogens with one attached hydrogen (secondary N) is 1. The third-order valence-electron chi connectivity index (χ3n) is 1.94. The van der Waals surface area contributed by atoms with E-state index in [-0.39, 0.29) is 12.6 Å². The van der Waals surface area contributed by atoms with Gasteiger partial charge in [0.25, 0.3) is 0 Å². The average molecular weight is 180 g/mol. The van der Waals surface area contributed by atoms with Gasteiger partial charge in [-0.15, -0.1) is 0 Å². The zero-order valence-electron chi connectivity index (χ0n) is 7.83. The number of hydrogen-bond donors (Lipinski definition) is 3. The van der Waals surface area contributed by atoms with Crippen LogP contribution in [0.15, 0.2) is 24.3 Å². The minimum atomic E-state index is 0.0560. The van der Waals surface area contributed by atoms with Crippen molar-refractivity contribution < 1.29 is 5.11 Å². The molecule has 1 unspecified atom stereocenters. The standard InChI is InChI=1S/C10H16N2O/c1-8(6-11)12-10-5-3-2-4-9(10)7-13/h2-5,8,12-13H,6-7,11H2,1H3. The third-order valence-corrected chi connectivity index (χ3v) is 1.94. The van der Waals surface area contributed by atoms with Crippen molar-refractivity contribution in [1.82, 2.24) is 0 Å². The van der Waals surface area contributed by atoms with Gasteiger partial charge in [0.2, 0.25) is 0 Å². The second kappa shape index (κ2) is 4.84. The Morgan fingerprint density at radius 2 is 2.15 bits per heavy atom. The van der Waals surface area contributed by atoms with E-state index >= 15 is 0 Å². The molecule has 3 nitrogen and oxygen atoms in total. The van der Waals surface area contributed by atoms with E-state index in [1.165, 1.54) is 0 Å². The first kappa shape index (κ1) is 10.0. The molecular weight excluding hydrogens is 164 g/mol. The number of benzene rings is 1. The molecule has 1 aromatic rings. The number of anilines is 1. The quantitative estimate of drug-likeness (QED) is 0.646. The lowest BCUT2D eigenvalue weighted by molar-refractivity contribution is 0.282. The fourth-order valence-electron chi connectivity index (χ4n) is 1.12. The van der Waals surface area contributed by atoms with Gasteiger partial charge in [-0.25, -0.2) is 0 Å². The molecule has 13 heavy (non-hydrogen) atoms. The lowest BCUT2D eigenvalue weighted by Crippen LogP contribution is -2.25. The highest BCUT2D eigenvalue weighted by atomic mass is 16.3. The molecule has 0 saturated heterocycles. The largest absolute Gasteiger partial charge is 0.392 e. The highest BCUT2D eigenvalue weighted by Crippen LogP contribution is 2.15. The molecule has 0 spiro atoms. The number of nitrogens with two attached hydrogens (primary N) is 1. The van der Waals surface area contributed by atoms with E-state index in [4.69, 9.17) is 10.8 Å². The summed E-state index contributed by atoms with van der Waals surface area (Å²) in [4.78, 5) is 0. The van der Waals surface area contributed by atoms with Crippen LogP contribution in [0.3, 0.4) is 0 Å². The monoisotopic (exact) mass is 180 g/mol. The van der Waals surface area contributed by atoms with Crippen LogP contribution >= 0.6 is 0 Å². The van der Waals surface area contributed by atoms with Gasteiger partial charge in [0.05, 0.1) is 6.61 Å². The number of aliphatic hydroxyl groups is 1. The van der Waals surface area contributed by atoms with Crippen LogP contribution in [0, 0.1) is 0 Å². The molecule has 0 amide bonds. The van der Waals surface area contributed by atoms with Crippen molar-refractivity contribution in [2.45, 2.75) is 19.6 Å². The molecule has 0 aliphatic heterocycles. The lowest BCUT2D eigenvalue weighted by Gasteiger charge is -2.15. The first-order valence-electron chi connectivity index (χ1n) is 4.43. The van der Waals surface area contributed by atoms with Crippen LogP contribution in [0.25, 0.3) is 0 Å². The Hall–Kier alpha value is -1.06. The zero-order chi connectivity index (χ0) is 9.68. The first-order chi connectivity index (χ1) is 6.27. The van der Waals surface area contributed by atoms with E-state index in [1.807, 2.05) is 31.2 Å². The molecular formula is C10H16N2O. The van der Waals surface area contributed by atoms with Crippen LogP contribution in [0.4, 0.5) is 5.69 Å². The summed E-state index contributed by atoms with van der Waals surface area (Å²) in [5, 5.41) is 12.3. The van der Waals surface area contributed by atoms with Gasteiger partial charge < -0.3 is 16.2 Å². The molecule has 0 radical (unpaired) electrons. The molecule has 0 saturated carbocycles. The zero-order valence-corrected chi connectivity index (χ0v) is 7.83. The van der Waals surface area contributed by atoms with Crippen molar-refractivity contribution in [3.63, 3.8) is 0 Å². The maximum Gasteiger partial charge on any atom is 0.0701 e. The SMILES string of the molecule is CC(CN)Nc1ccccc1CO. The van der Waals surface area contributed by atoms with Gasteiger partial charge in [-0.1, -0.05) is 18.2 Å². The van der Waals surface area contributed by atoms with Crippen LogP contribution in [-0.2, 0) is 6.61 Å². The van der Waals surface area contributed by atoms with Crippen molar-refractivity contribution in [3.05, 3.63) is 29.8 Å². The second-order valence-corrected chi connectivity index (χ2v) is 3.10. The summed E-state index contributed by atoms with van der Waals surface area (Å²) in [5.74, 6) is 0. The maximum absolute atomic E-state index is 9.03. The van der Waals surface area contributed by atoms with Gasteiger partial charge in [-0.3, -0.25) is 0 Å². The molecule has 0 heterocycles. The molecule has 3 heteroatoms. The Kier molecular flexibility index (Phi) is 3.73. The minimum absolute atomic E-state index is 0.0560. The first-order valence-corrected chi connectivity index (χ1v) is 4.43. The molecule has 1 rings (SSSR count). The Bertz CT molecular complexity index is 263. The van der Waals surface area contributed by atoms with Crippen LogP contribution in [0.5, 0.6) is 0 Å². The predicted molar refractivity (Wildman–Crippen MR) is 54.5 cm³/mol. The van der Waals surface area contributed by atoms with Crippen LogP contribution in [0.2, 0.25) is 0 Å². The Balaban J connectivity index is 2.74. The van der Waals surface area contributed by atoms with Gasteiger partial charge >= 0.3 is 0 Å². The Morgan fingerprint density at radius 3 is 2.77 bits per heavy atom. The van der Waals surface area contributed by atoms with Crippen molar-refractivity contribution in [1.29, 1.82) is 0 Å². The summed E-state index contributed by atoms with van der Waals surface area (Å²) in [6.07, 6.45) is 0. The molecule has 0 aromatic heterocycles. The number of para-hydroxylation sites is 1. The average Bonchev–Trinajstić information content (AvgIpc) is 2.18. The van der Waals surface area contributed by atoms with E-state index in [0.717, 1.165) is 11.3 Å². The van der Waals surface area contributed by atoms with Crippen LogP contribution in [-0.4, -0.2) is 17.7 Å². The highest BCUT2D eigenvalue weighted by Gasteiger charge is 2.02. The molecule has 4 N–H and O–H groups in total. The van der Waals surface area contributed by atoms with Crippen molar-refractivity contribution in [2.24, 2.45) is 5.73 Å². The summed E-state index contributed by atoms with van der Waals surface area (Å²) in [7, 11) is 0. The van der Waals surface area contributed by atoms with Gasteiger partial charge in [0, 0.05) is 23.8 Å². The predicted octanol–water partition coefficient (Wildman–Crippen LogP) is 0.938. The molecule has 1 atom stereocenters. The molecule has 0 fully saturated rings. The molecule has 0 aliphatic carbocycles. The Morgan fingerprint density at radius 1 is 1.46 bits per heavy atom. The van der Waals surface area contributed by atoms with Crippen molar-refractivity contribution >= 4 is 5.69 Å². The third kappa shape index (κ3) is 2.72. The lowest BCUT2D eigenvalue weighted by atomic mass is 10.1. The summed E-state index contributed by atoms with van der Waals surface area (Å²) in [5.41, 5.74) is 7.35. The number of hydrogen-bond acceptors (Lipinski definition) is 3. The fraction of sp³-hybridized carbons (Fsp3) is 0.400. The van der Waals surface area contributed by atoms with E-state index in [2.05, 4.69) is 5.32 Å². The molecule has 0 bridgehead atoms. The number of aliphatic hydroxyl groups excluding tert-OH is 1. The normalized spacial score (nSPS) is 12.5. The van der Waals surface area contributed by atoms with Gasteiger partial charge in [-0.2, -0.15) is 0 Å².